The van der Waals surface area contributed by atoms with E-state index in [1.165, 1.54) is 29.2 Å². The van der Waals surface area contributed by atoms with Crippen molar-refractivity contribution in [3.05, 3.63) is 42.2 Å². The molecule has 2 fully saturated rings. The molecule has 1 N–H and O–H groups in total. The highest BCUT2D eigenvalue weighted by atomic mass is 19.1. The standard InChI is InChI=1S/C15H12FNO4/c16-8-1-3-9(4-2-8)17-7-15-6-5-10(21-15)11(14(19)20)12(15)13(17)18/h1-6,10-12H,7H2,(H,19,20)/t10-,11-,12-,15+/m1/s1. The second-order valence-corrected chi connectivity index (χ2v) is 5.64. The average molecular weight is 289 g/mol. The van der Waals surface area contributed by atoms with Crippen LogP contribution in [0.2, 0.25) is 0 Å². The molecule has 108 valence electrons. The molecular formula is C15H12FNO4. The van der Waals surface area contributed by atoms with E-state index >= 15 is 0 Å². The lowest BCUT2D eigenvalue weighted by molar-refractivity contribution is -0.146. The number of amides is 1. The molecule has 1 aromatic rings. The summed E-state index contributed by atoms with van der Waals surface area (Å²) in [4.78, 5) is 25.5. The number of carboxylic acid groups (broad SMARTS) is 1. The van der Waals surface area contributed by atoms with Crippen molar-refractivity contribution in [2.45, 2.75) is 11.7 Å². The first-order chi connectivity index (χ1) is 10.0. The smallest absolute Gasteiger partial charge is 0.310 e. The highest BCUT2D eigenvalue weighted by molar-refractivity contribution is 6.02. The van der Waals surface area contributed by atoms with Crippen LogP contribution in [0.15, 0.2) is 36.4 Å². The number of nitrogens with zero attached hydrogens (tertiary/aromatic N) is 1. The number of fused-ring (bicyclic) bond motifs is 1. The number of aliphatic carboxylic acids is 1. The van der Waals surface area contributed by atoms with Gasteiger partial charge in [-0.25, -0.2) is 4.39 Å². The van der Waals surface area contributed by atoms with Gasteiger partial charge in [-0.2, -0.15) is 0 Å². The minimum absolute atomic E-state index is 0.263. The summed E-state index contributed by atoms with van der Waals surface area (Å²) < 4.78 is 18.8. The number of carbonyl (C=O) groups is 2. The van der Waals surface area contributed by atoms with Crippen molar-refractivity contribution in [1.82, 2.24) is 0 Å². The zero-order valence-corrected chi connectivity index (χ0v) is 10.9. The normalized spacial score (nSPS) is 36.3. The number of anilines is 1. The number of ether oxygens (including phenoxy) is 1. The average Bonchev–Trinajstić information content (AvgIpc) is 3.08. The van der Waals surface area contributed by atoms with E-state index in [1.54, 1.807) is 12.2 Å². The van der Waals surface area contributed by atoms with Crippen LogP contribution in [0.25, 0.3) is 0 Å². The summed E-state index contributed by atoms with van der Waals surface area (Å²) in [6.45, 7) is 0.263. The summed E-state index contributed by atoms with van der Waals surface area (Å²) in [5, 5.41) is 9.36. The summed E-state index contributed by atoms with van der Waals surface area (Å²) in [6, 6.07) is 5.57. The van der Waals surface area contributed by atoms with Gasteiger partial charge in [0.05, 0.1) is 18.6 Å². The third-order valence-corrected chi connectivity index (χ3v) is 4.52. The molecule has 2 bridgehead atoms. The third-order valence-electron chi connectivity index (χ3n) is 4.52. The minimum atomic E-state index is -1.02. The number of carbonyl (C=O) groups excluding carboxylic acids is 1. The highest BCUT2D eigenvalue weighted by Crippen LogP contribution is 2.52. The molecule has 4 atom stereocenters. The van der Waals surface area contributed by atoms with Gasteiger partial charge in [-0.3, -0.25) is 9.59 Å². The SMILES string of the molecule is O=C(O)[C@@H]1[C@H]2C=C[C@@]3(CN(c4ccc(F)cc4)C(=O)[C@@H]13)O2. The van der Waals surface area contributed by atoms with Gasteiger partial charge in [-0.1, -0.05) is 12.2 Å². The Kier molecular flexibility index (Phi) is 2.34. The molecule has 3 heterocycles. The van der Waals surface area contributed by atoms with Crippen molar-refractivity contribution in [2.75, 3.05) is 11.4 Å². The topological polar surface area (TPSA) is 66.8 Å². The molecule has 4 rings (SSSR count). The first-order valence-corrected chi connectivity index (χ1v) is 6.69. The number of benzene rings is 1. The summed E-state index contributed by atoms with van der Waals surface area (Å²) >= 11 is 0. The van der Waals surface area contributed by atoms with Crippen LogP contribution in [0.3, 0.4) is 0 Å². The fraction of sp³-hybridized carbons (Fsp3) is 0.333. The Labute approximate surface area is 119 Å². The molecule has 1 amide bonds. The molecule has 0 aliphatic carbocycles. The predicted octanol–water partition coefficient (Wildman–Crippen LogP) is 1.20. The molecule has 2 saturated heterocycles. The van der Waals surface area contributed by atoms with E-state index in [-0.39, 0.29) is 18.3 Å². The van der Waals surface area contributed by atoms with Crippen LogP contribution in [0.1, 0.15) is 0 Å². The molecule has 21 heavy (non-hydrogen) atoms. The fourth-order valence-electron chi connectivity index (χ4n) is 3.62. The van der Waals surface area contributed by atoms with Gasteiger partial charge >= 0.3 is 5.97 Å². The van der Waals surface area contributed by atoms with Crippen LogP contribution < -0.4 is 4.90 Å². The van der Waals surface area contributed by atoms with E-state index in [4.69, 9.17) is 4.74 Å². The van der Waals surface area contributed by atoms with Crippen molar-refractivity contribution in [3.8, 4) is 0 Å². The zero-order chi connectivity index (χ0) is 14.8. The zero-order valence-electron chi connectivity index (χ0n) is 10.9. The van der Waals surface area contributed by atoms with Gasteiger partial charge in [0.2, 0.25) is 5.91 Å². The number of hydrogen-bond donors (Lipinski definition) is 1. The molecule has 3 aliphatic heterocycles. The Morgan fingerprint density at radius 3 is 2.76 bits per heavy atom. The Balaban J connectivity index is 1.73. The first-order valence-electron chi connectivity index (χ1n) is 6.69. The Bertz CT molecular complexity index is 671. The van der Waals surface area contributed by atoms with Crippen LogP contribution in [0.5, 0.6) is 0 Å². The summed E-state index contributed by atoms with van der Waals surface area (Å²) in [7, 11) is 0. The van der Waals surface area contributed by atoms with Crippen molar-refractivity contribution in [1.29, 1.82) is 0 Å². The second kappa shape index (κ2) is 3.92. The van der Waals surface area contributed by atoms with Gasteiger partial charge in [0.25, 0.3) is 0 Å². The predicted molar refractivity (Wildman–Crippen MR) is 70.1 cm³/mol. The maximum absolute atomic E-state index is 13.0. The van der Waals surface area contributed by atoms with Crippen LogP contribution >= 0.6 is 0 Å². The van der Waals surface area contributed by atoms with Crippen LogP contribution in [0.4, 0.5) is 10.1 Å². The Morgan fingerprint density at radius 2 is 2.10 bits per heavy atom. The molecule has 6 heteroatoms. The quantitative estimate of drug-likeness (QED) is 0.831. The molecule has 0 aromatic heterocycles. The summed E-state index contributed by atoms with van der Waals surface area (Å²) in [6.07, 6.45) is 2.98. The van der Waals surface area contributed by atoms with E-state index in [0.29, 0.717) is 5.69 Å². The molecule has 0 saturated carbocycles. The molecular weight excluding hydrogens is 277 g/mol. The maximum atomic E-state index is 13.0. The van der Waals surface area contributed by atoms with Crippen molar-refractivity contribution in [3.63, 3.8) is 0 Å². The summed E-state index contributed by atoms with van der Waals surface area (Å²) in [5.74, 6) is -3.25. The maximum Gasteiger partial charge on any atom is 0.310 e. The minimum Gasteiger partial charge on any atom is -0.481 e. The number of hydrogen-bond acceptors (Lipinski definition) is 3. The van der Waals surface area contributed by atoms with E-state index in [1.807, 2.05) is 0 Å². The van der Waals surface area contributed by atoms with Gasteiger partial charge in [0.1, 0.15) is 17.3 Å². The lowest BCUT2D eigenvalue weighted by atomic mass is 9.77. The van der Waals surface area contributed by atoms with Crippen LogP contribution in [0, 0.1) is 17.7 Å². The molecule has 5 nitrogen and oxygen atoms in total. The number of halogens is 1. The van der Waals surface area contributed by atoms with Crippen molar-refractivity contribution < 1.29 is 23.8 Å². The lowest BCUT2D eigenvalue weighted by Gasteiger charge is -2.21. The van der Waals surface area contributed by atoms with Gasteiger partial charge in [-0.15, -0.1) is 0 Å². The van der Waals surface area contributed by atoms with E-state index < -0.39 is 29.5 Å². The van der Waals surface area contributed by atoms with E-state index in [0.717, 1.165) is 0 Å². The lowest BCUT2D eigenvalue weighted by Crippen LogP contribution is -2.39. The molecule has 1 spiro atoms. The molecule has 0 unspecified atom stereocenters. The number of carboxylic acids is 1. The van der Waals surface area contributed by atoms with Gasteiger partial charge in [0.15, 0.2) is 0 Å². The van der Waals surface area contributed by atoms with Crippen LogP contribution in [-0.2, 0) is 14.3 Å². The second-order valence-electron chi connectivity index (χ2n) is 5.64. The van der Waals surface area contributed by atoms with E-state index in [9.17, 15) is 19.1 Å². The van der Waals surface area contributed by atoms with Gasteiger partial charge in [0, 0.05) is 5.69 Å². The first kappa shape index (κ1) is 12.5. The van der Waals surface area contributed by atoms with Crippen molar-refractivity contribution in [2.24, 2.45) is 11.8 Å². The monoisotopic (exact) mass is 289 g/mol. The Hall–Kier alpha value is -2.21. The van der Waals surface area contributed by atoms with Crippen LogP contribution in [-0.4, -0.2) is 35.2 Å². The van der Waals surface area contributed by atoms with Gasteiger partial charge in [-0.05, 0) is 24.3 Å². The largest absolute Gasteiger partial charge is 0.481 e. The molecule has 0 radical (unpaired) electrons. The third kappa shape index (κ3) is 1.53. The molecule has 3 aliphatic rings. The number of rotatable bonds is 2. The van der Waals surface area contributed by atoms with E-state index in [2.05, 4.69) is 0 Å². The van der Waals surface area contributed by atoms with Crippen molar-refractivity contribution >= 4 is 17.6 Å². The highest BCUT2D eigenvalue weighted by Gasteiger charge is 2.67. The van der Waals surface area contributed by atoms with Gasteiger partial charge < -0.3 is 14.7 Å². The molecule has 1 aromatic carbocycles. The Morgan fingerprint density at radius 1 is 1.38 bits per heavy atom. The fourth-order valence-corrected chi connectivity index (χ4v) is 3.62. The summed E-state index contributed by atoms with van der Waals surface area (Å²) in [5.41, 5.74) is -0.311.